The summed E-state index contributed by atoms with van der Waals surface area (Å²) in [5.74, 6) is 0. The summed E-state index contributed by atoms with van der Waals surface area (Å²) in [6.07, 6.45) is 4.59. The fourth-order valence-electron chi connectivity index (χ4n) is 2.53. The number of nitrogens with zero attached hydrogens (tertiary/aromatic N) is 1. The van der Waals surface area contributed by atoms with E-state index in [-0.39, 0.29) is 0 Å². The number of hydrogen-bond donors (Lipinski definition) is 1. The van der Waals surface area contributed by atoms with E-state index in [2.05, 4.69) is 26.4 Å². The Kier molecular flexibility index (Phi) is 2.81. The van der Waals surface area contributed by atoms with Crippen molar-refractivity contribution in [3.05, 3.63) is 50.9 Å². The van der Waals surface area contributed by atoms with Crippen molar-refractivity contribution in [2.24, 2.45) is 0 Å². The number of halogens is 1. The van der Waals surface area contributed by atoms with Gasteiger partial charge in [-0.3, -0.25) is 0 Å². The molecule has 17 heavy (non-hydrogen) atoms. The highest BCUT2D eigenvalue weighted by molar-refractivity contribution is 9.10. The van der Waals surface area contributed by atoms with Crippen LogP contribution >= 0.6 is 27.5 Å². The normalized spacial score (nSPS) is 23.4. The average Bonchev–Trinajstić information content (AvgIpc) is 2.82. The van der Waals surface area contributed by atoms with Crippen LogP contribution in [0.2, 0.25) is 0 Å². The van der Waals surface area contributed by atoms with Crippen molar-refractivity contribution in [1.29, 1.82) is 0 Å². The first kappa shape index (κ1) is 11.4. The van der Waals surface area contributed by atoms with Crippen LogP contribution in [0.4, 0.5) is 0 Å². The van der Waals surface area contributed by atoms with Gasteiger partial charge in [-0.15, -0.1) is 0 Å². The Bertz CT molecular complexity index is 540. The smallest absolute Gasteiger partial charge is 0.126 e. The van der Waals surface area contributed by atoms with Crippen LogP contribution in [0.3, 0.4) is 0 Å². The highest BCUT2D eigenvalue weighted by atomic mass is 79.9. The topological polar surface area (TPSA) is 33.1 Å². The van der Waals surface area contributed by atoms with Gasteiger partial charge in [0.15, 0.2) is 0 Å². The second-order valence-corrected chi connectivity index (χ2v) is 6.14. The van der Waals surface area contributed by atoms with E-state index >= 15 is 0 Å². The lowest BCUT2D eigenvalue weighted by Gasteiger charge is -2.33. The molecule has 2 aromatic rings. The SMILES string of the molecule is OC1(c2ccns2)CCCc2cc(Br)ccc21. The second kappa shape index (κ2) is 4.19. The number of benzene rings is 1. The molecule has 1 heterocycles. The molecule has 0 radical (unpaired) electrons. The molecule has 0 amide bonds. The molecule has 0 spiro atoms. The summed E-state index contributed by atoms with van der Waals surface area (Å²) in [5, 5.41) is 10.9. The Morgan fingerprint density at radius 3 is 3.00 bits per heavy atom. The number of aryl methyl sites for hydroxylation is 1. The lowest BCUT2D eigenvalue weighted by Crippen LogP contribution is -2.30. The summed E-state index contributed by atoms with van der Waals surface area (Å²) in [4.78, 5) is 0.945. The van der Waals surface area contributed by atoms with Crippen LogP contribution in [0.25, 0.3) is 0 Å². The molecule has 1 aromatic carbocycles. The lowest BCUT2D eigenvalue weighted by molar-refractivity contribution is 0.0653. The monoisotopic (exact) mass is 309 g/mol. The van der Waals surface area contributed by atoms with Crippen molar-refractivity contribution in [1.82, 2.24) is 4.37 Å². The van der Waals surface area contributed by atoms with E-state index in [1.165, 1.54) is 17.1 Å². The zero-order valence-corrected chi connectivity index (χ0v) is 11.6. The fraction of sp³-hybridized carbons (Fsp3) is 0.308. The summed E-state index contributed by atoms with van der Waals surface area (Å²) in [7, 11) is 0. The summed E-state index contributed by atoms with van der Waals surface area (Å²) >= 11 is 4.87. The van der Waals surface area contributed by atoms with Gasteiger partial charge < -0.3 is 5.11 Å². The van der Waals surface area contributed by atoms with E-state index in [0.717, 1.165) is 34.2 Å². The third-order valence-electron chi connectivity index (χ3n) is 3.34. The van der Waals surface area contributed by atoms with Crippen molar-refractivity contribution in [2.75, 3.05) is 0 Å². The van der Waals surface area contributed by atoms with E-state index < -0.39 is 5.60 Å². The molecule has 1 atom stereocenters. The Labute approximate surface area is 113 Å². The molecule has 1 aliphatic carbocycles. The van der Waals surface area contributed by atoms with Gasteiger partial charge in [-0.05, 0) is 60.1 Å². The van der Waals surface area contributed by atoms with Crippen molar-refractivity contribution < 1.29 is 5.11 Å². The molecule has 0 aliphatic heterocycles. The summed E-state index contributed by atoms with van der Waals surface area (Å²) in [6, 6.07) is 8.05. The minimum atomic E-state index is -0.838. The van der Waals surface area contributed by atoms with Gasteiger partial charge in [0.25, 0.3) is 0 Å². The van der Waals surface area contributed by atoms with Gasteiger partial charge in [0.2, 0.25) is 0 Å². The first-order chi connectivity index (χ1) is 8.20. The quantitative estimate of drug-likeness (QED) is 0.875. The van der Waals surface area contributed by atoms with E-state index in [9.17, 15) is 5.11 Å². The van der Waals surface area contributed by atoms with E-state index in [4.69, 9.17) is 0 Å². The van der Waals surface area contributed by atoms with Gasteiger partial charge in [0.05, 0.1) is 4.88 Å². The molecule has 88 valence electrons. The molecule has 4 heteroatoms. The van der Waals surface area contributed by atoms with Crippen LogP contribution in [0, 0.1) is 0 Å². The van der Waals surface area contributed by atoms with Gasteiger partial charge in [-0.25, -0.2) is 4.37 Å². The van der Waals surface area contributed by atoms with Crippen LogP contribution in [0.1, 0.15) is 28.8 Å². The molecule has 1 N–H and O–H groups in total. The van der Waals surface area contributed by atoms with Crippen LogP contribution in [0.5, 0.6) is 0 Å². The Morgan fingerprint density at radius 1 is 1.35 bits per heavy atom. The summed E-state index contributed by atoms with van der Waals surface area (Å²) in [6.45, 7) is 0. The van der Waals surface area contributed by atoms with Crippen LogP contribution in [-0.2, 0) is 12.0 Å². The predicted molar refractivity (Wildman–Crippen MR) is 72.2 cm³/mol. The van der Waals surface area contributed by atoms with Gasteiger partial charge in [-0.2, -0.15) is 0 Å². The average molecular weight is 310 g/mol. The largest absolute Gasteiger partial charge is 0.379 e. The molecule has 0 saturated heterocycles. The zero-order chi connectivity index (χ0) is 11.9. The van der Waals surface area contributed by atoms with Gasteiger partial charge in [0.1, 0.15) is 5.60 Å². The molecular formula is C13H12BrNOS. The number of aliphatic hydroxyl groups is 1. The molecule has 0 bridgehead atoms. The van der Waals surface area contributed by atoms with Crippen molar-refractivity contribution >= 4 is 27.5 Å². The molecule has 1 unspecified atom stereocenters. The number of rotatable bonds is 1. The van der Waals surface area contributed by atoms with Crippen LogP contribution in [-0.4, -0.2) is 9.48 Å². The van der Waals surface area contributed by atoms with Crippen LogP contribution in [0.15, 0.2) is 34.9 Å². The molecule has 0 saturated carbocycles. The Balaban J connectivity index is 2.17. The Morgan fingerprint density at radius 2 is 2.24 bits per heavy atom. The fourth-order valence-corrected chi connectivity index (χ4v) is 3.66. The van der Waals surface area contributed by atoms with Crippen molar-refractivity contribution in [3.63, 3.8) is 0 Å². The first-order valence-electron chi connectivity index (χ1n) is 5.62. The predicted octanol–water partition coefficient (Wildman–Crippen LogP) is 3.48. The highest BCUT2D eigenvalue weighted by Gasteiger charge is 2.37. The third-order valence-corrected chi connectivity index (χ3v) is 4.73. The molecule has 1 aromatic heterocycles. The summed E-state index contributed by atoms with van der Waals surface area (Å²) in [5.41, 5.74) is 1.44. The minimum absolute atomic E-state index is 0.782. The maximum atomic E-state index is 10.9. The molecule has 0 fully saturated rings. The van der Waals surface area contributed by atoms with E-state index in [1.807, 2.05) is 18.2 Å². The highest BCUT2D eigenvalue weighted by Crippen LogP contribution is 2.42. The molecule has 2 nitrogen and oxygen atoms in total. The van der Waals surface area contributed by atoms with Gasteiger partial charge >= 0.3 is 0 Å². The van der Waals surface area contributed by atoms with Crippen molar-refractivity contribution in [2.45, 2.75) is 24.9 Å². The van der Waals surface area contributed by atoms with Gasteiger partial charge in [0, 0.05) is 10.7 Å². The third kappa shape index (κ3) is 1.84. The first-order valence-corrected chi connectivity index (χ1v) is 7.19. The molecule has 1 aliphatic rings. The number of fused-ring (bicyclic) bond motifs is 1. The zero-order valence-electron chi connectivity index (χ0n) is 9.19. The van der Waals surface area contributed by atoms with E-state index in [1.54, 1.807) is 6.20 Å². The Hall–Kier alpha value is -0.710. The molecular weight excluding hydrogens is 298 g/mol. The number of aromatic nitrogens is 1. The van der Waals surface area contributed by atoms with Crippen molar-refractivity contribution in [3.8, 4) is 0 Å². The molecule has 3 rings (SSSR count). The lowest BCUT2D eigenvalue weighted by atomic mass is 9.78. The number of hydrogen-bond acceptors (Lipinski definition) is 3. The van der Waals surface area contributed by atoms with Crippen LogP contribution < -0.4 is 0 Å². The maximum Gasteiger partial charge on any atom is 0.126 e. The minimum Gasteiger partial charge on any atom is -0.379 e. The second-order valence-electron chi connectivity index (χ2n) is 4.39. The standard InChI is InChI=1S/C13H12BrNOS/c14-10-3-4-11-9(8-10)2-1-6-13(11,16)12-5-7-15-17-12/h3-5,7-8,16H,1-2,6H2. The summed E-state index contributed by atoms with van der Waals surface area (Å²) < 4.78 is 5.18. The maximum absolute atomic E-state index is 10.9. The van der Waals surface area contributed by atoms with Gasteiger partial charge in [-0.1, -0.05) is 22.0 Å². The van der Waals surface area contributed by atoms with E-state index in [0.29, 0.717) is 0 Å².